The van der Waals surface area contributed by atoms with Crippen LogP contribution >= 0.6 is 0 Å². The van der Waals surface area contributed by atoms with E-state index in [2.05, 4.69) is 15.3 Å². The van der Waals surface area contributed by atoms with Crippen LogP contribution < -0.4 is 10.1 Å². The van der Waals surface area contributed by atoms with Crippen molar-refractivity contribution >= 4 is 17.4 Å². The summed E-state index contributed by atoms with van der Waals surface area (Å²) in [6.07, 6.45) is 3.20. The molecule has 3 heterocycles. The minimum atomic E-state index is -0.284. The fourth-order valence-corrected chi connectivity index (χ4v) is 3.54. The molecule has 1 unspecified atom stereocenters. The number of aromatic nitrogens is 2. The minimum Gasteiger partial charge on any atom is -0.491 e. The van der Waals surface area contributed by atoms with Crippen molar-refractivity contribution in [2.75, 3.05) is 52.3 Å². The molecule has 1 aliphatic heterocycles. The number of ether oxygens (including phenoxy) is 2. The van der Waals surface area contributed by atoms with Crippen molar-refractivity contribution in [3.05, 3.63) is 78.2 Å². The summed E-state index contributed by atoms with van der Waals surface area (Å²) < 4.78 is 11.8. The molecule has 33 heavy (non-hydrogen) atoms. The molecule has 8 heteroatoms. The van der Waals surface area contributed by atoms with Crippen molar-refractivity contribution in [1.82, 2.24) is 19.8 Å². The predicted molar refractivity (Wildman–Crippen MR) is 127 cm³/mol. The number of pyridine rings is 2. The summed E-state index contributed by atoms with van der Waals surface area (Å²) in [5, 5.41) is 3.22. The molecule has 0 bridgehead atoms. The predicted octanol–water partition coefficient (Wildman–Crippen LogP) is 3.37. The molecule has 172 valence electrons. The number of rotatable bonds is 8. The number of hydrogen-bond donors (Lipinski definition) is 1. The first-order chi connectivity index (χ1) is 16.1. The third-order valence-corrected chi connectivity index (χ3v) is 5.32. The van der Waals surface area contributed by atoms with Gasteiger partial charge in [-0.05, 0) is 50.5 Å². The fraction of sp³-hybridized carbons (Fsp3) is 0.320. The number of anilines is 2. The number of carbonyl (C=O) groups excluding carboxylic acids is 1. The normalized spacial score (nSPS) is 16.0. The van der Waals surface area contributed by atoms with E-state index in [1.54, 1.807) is 12.4 Å². The van der Waals surface area contributed by atoms with Crippen LogP contribution in [0.1, 0.15) is 22.2 Å². The summed E-state index contributed by atoms with van der Waals surface area (Å²) in [7, 11) is 3.98. The number of carbonyl (C=O) groups is 1. The molecule has 1 atom stereocenters. The molecule has 0 spiro atoms. The topological polar surface area (TPSA) is 79.8 Å². The Labute approximate surface area is 194 Å². The van der Waals surface area contributed by atoms with Gasteiger partial charge in [0.15, 0.2) is 0 Å². The Kier molecular flexibility index (Phi) is 7.49. The van der Waals surface area contributed by atoms with Crippen LogP contribution in [0.15, 0.2) is 67.0 Å². The van der Waals surface area contributed by atoms with Crippen molar-refractivity contribution in [3.63, 3.8) is 0 Å². The van der Waals surface area contributed by atoms with Gasteiger partial charge in [0, 0.05) is 19.3 Å². The molecule has 1 saturated heterocycles. The molecule has 3 aromatic rings. The van der Waals surface area contributed by atoms with Crippen molar-refractivity contribution in [1.29, 1.82) is 0 Å². The van der Waals surface area contributed by atoms with Gasteiger partial charge in [-0.3, -0.25) is 9.78 Å². The zero-order valence-corrected chi connectivity index (χ0v) is 19.0. The molecule has 2 aromatic heterocycles. The Morgan fingerprint density at radius 1 is 1.15 bits per heavy atom. The molecule has 1 amide bonds. The van der Waals surface area contributed by atoms with Crippen LogP contribution in [0.3, 0.4) is 0 Å². The molecule has 1 aromatic carbocycles. The van der Waals surface area contributed by atoms with Gasteiger partial charge in [-0.1, -0.05) is 18.2 Å². The van der Waals surface area contributed by atoms with Gasteiger partial charge in [-0.25, -0.2) is 4.98 Å². The first-order valence-corrected chi connectivity index (χ1v) is 11.0. The summed E-state index contributed by atoms with van der Waals surface area (Å²) in [4.78, 5) is 26.0. The number of para-hydroxylation sites is 1. The lowest BCUT2D eigenvalue weighted by atomic mass is 10.1. The second kappa shape index (κ2) is 10.9. The molecular weight excluding hydrogens is 418 g/mol. The number of benzene rings is 1. The van der Waals surface area contributed by atoms with E-state index in [0.717, 1.165) is 23.7 Å². The third kappa shape index (κ3) is 6.06. The highest BCUT2D eigenvalue weighted by atomic mass is 16.5. The van der Waals surface area contributed by atoms with Crippen molar-refractivity contribution in [2.45, 2.75) is 6.10 Å². The zero-order chi connectivity index (χ0) is 23.0. The van der Waals surface area contributed by atoms with Crippen LogP contribution in [0.4, 0.5) is 11.5 Å². The van der Waals surface area contributed by atoms with E-state index in [1.807, 2.05) is 78.5 Å². The Hall–Kier alpha value is -3.49. The number of likely N-dealkylation sites (N-methyl/N-ethyl adjacent to an activating group) is 1. The van der Waals surface area contributed by atoms with Crippen LogP contribution in [-0.4, -0.2) is 72.6 Å². The van der Waals surface area contributed by atoms with E-state index in [9.17, 15) is 4.79 Å². The van der Waals surface area contributed by atoms with Gasteiger partial charge >= 0.3 is 0 Å². The van der Waals surface area contributed by atoms with Crippen LogP contribution in [-0.2, 0) is 4.74 Å². The van der Waals surface area contributed by atoms with Crippen LogP contribution in [0.25, 0.3) is 0 Å². The number of hydrogen-bond acceptors (Lipinski definition) is 7. The van der Waals surface area contributed by atoms with Gasteiger partial charge in [0.1, 0.15) is 24.3 Å². The molecule has 1 N–H and O–H groups in total. The van der Waals surface area contributed by atoms with Crippen molar-refractivity contribution < 1.29 is 14.3 Å². The Balaban J connectivity index is 1.41. The summed E-state index contributed by atoms with van der Waals surface area (Å²) in [5.41, 5.74) is 2.19. The Morgan fingerprint density at radius 3 is 2.76 bits per heavy atom. The lowest BCUT2D eigenvalue weighted by Crippen LogP contribution is -2.42. The summed E-state index contributed by atoms with van der Waals surface area (Å²) in [5.74, 6) is 1.30. The van der Waals surface area contributed by atoms with E-state index < -0.39 is 0 Å². The van der Waals surface area contributed by atoms with Gasteiger partial charge in [-0.2, -0.15) is 0 Å². The number of morpholine rings is 1. The maximum Gasteiger partial charge on any atom is 0.257 e. The highest BCUT2D eigenvalue weighted by molar-refractivity contribution is 5.97. The largest absolute Gasteiger partial charge is 0.491 e. The quantitative estimate of drug-likeness (QED) is 0.567. The number of amides is 1. The highest BCUT2D eigenvalue weighted by Crippen LogP contribution is 2.26. The van der Waals surface area contributed by atoms with Crippen molar-refractivity contribution in [3.8, 4) is 5.75 Å². The molecule has 1 fully saturated rings. The Morgan fingerprint density at radius 2 is 2.00 bits per heavy atom. The second-order valence-electron chi connectivity index (χ2n) is 8.07. The average molecular weight is 448 g/mol. The maximum atomic E-state index is 13.3. The van der Waals surface area contributed by atoms with Gasteiger partial charge < -0.3 is 24.6 Å². The highest BCUT2D eigenvalue weighted by Gasteiger charge is 2.28. The van der Waals surface area contributed by atoms with E-state index in [1.165, 1.54) is 0 Å². The van der Waals surface area contributed by atoms with Gasteiger partial charge in [-0.15, -0.1) is 0 Å². The Bertz CT molecular complexity index is 1040. The molecule has 0 saturated carbocycles. The lowest BCUT2D eigenvalue weighted by molar-refractivity contribution is -0.0248. The molecule has 8 nitrogen and oxygen atoms in total. The van der Waals surface area contributed by atoms with Crippen LogP contribution in [0.2, 0.25) is 0 Å². The standard InChI is InChI=1S/C25H29N5O3/c1-29(2)13-15-32-22-8-4-3-7-20(22)25(31)30-14-16-33-23(18-30)21-11-10-19(17-27-21)28-24-9-5-6-12-26-24/h3-12,17,23H,13-16,18H2,1-2H3,(H,26,28). The van der Waals surface area contributed by atoms with Crippen molar-refractivity contribution in [2.24, 2.45) is 0 Å². The van der Waals surface area contributed by atoms with Gasteiger partial charge in [0.2, 0.25) is 0 Å². The SMILES string of the molecule is CN(C)CCOc1ccccc1C(=O)N1CCOC(c2ccc(Nc3ccccn3)cn2)C1. The molecule has 0 aliphatic carbocycles. The summed E-state index contributed by atoms with van der Waals surface area (Å²) >= 11 is 0. The minimum absolute atomic E-state index is 0.0582. The van der Waals surface area contributed by atoms with Gasteiger partial charge in [0.05, 0.1) is 36.3 Å². The van der Waals surface area contributed by atoms with Crippen LogP contribution in [0, 0.1) is 0 Å². The van der Waals surface area contributed by atoms with Crippen LogP contribution in [0.5, 0.6) is 5.75 Å². The second-order valence-corrected chi connectivity index (χ2v) is 8.07. The monoisotopic (exact) mass is 447 g/mol. The maximum absolute atomic E-state index is 13.3. The van der Waals surface area contributed by atoms with E-state index >= 15 is 0 Å². The fourth-order valence-electron chi connectivity index (χ4n) is 3.54. The molecule has 0 radical (unpaired) electrons. The molecule has 1 aliphatic rings. The summed E-state index contributed by atoms with van der Waals surface area (Å²) in [6, 6.07) is 16.9. The third-order valence-electron chi connectivity index (χ3n) is 5.32. The van der Waals surface area contributed by atoms with Gasteiger partial charge in [0.25, 0.3) is 5.91 Å². The molecule has 4 rings (SSSR count). The van der Waals surface area contributed by atoms with E-state index in [0.29, 0.717) is 37.6 Å². The first kappa shape index (κ1) is 22.7. The number of nitrogens with one attached hydrogen (secondary N) is 1. The molecular formula is C25H29N5O3. The average Bonchev–Trinajstić information content (AvgIpc) is 2.85. The zero-order valence-electron chi connectivity index (χ0n) is 19.0. The smallest absolute Gasteiger partial charge is 0.257 e. The lowest BCUT2D eigenvalue weighted by Gasteiger charge is -2.33. The van der Waals surface area contributed by atoms with E-state index in [-0.39, 0.29) is 12.0 Å². The summed E-state index contributed by atoms with van der Waals surface area (Å²) in [6.45, 7) is 2.71. The van der Waals surface area contributed by atoms with E-state index in [4.69, 9.17) is 9.47 Å². The first-order valence-electron chi connectivity index (χ1n) is 11.0. The number of nitrogens with zero attached hydrogens (tertiary/aromatic N) is 4.